The molecule has 2 aliphatic rings. The Balaban J connectivity index is 1.65. The highest BCUT2D eigenvalue weighted by Crippen LogP contribution is 2.25. The third-order valence-corrected chi connectivity index (χ3v) is 4.74. The van der Waals surface area contributed by atoms with Gasteiger partial charge in [-0.2, -0.15) is 0 Å². The Morgan fingerprint density at radius 3 is 2.40 bits per heavy atom. The number of hydrogen-bond acceptors (Lipinski definition) is 3. The zero-order valence-corrected chi connectivity index (χ0v) is 13.0. The maximum Gasteiger partial charge on any atom is 0.237 e. The van der Waals surface area contributed by atoms with E-state index in [2.05, 4.69) is 10.2 Å². The molecule has 0 radical (unpaired) electrons. The number of primary amides is 1. The van der Waals surface area contributed by atoms with Crippen molar-refractivity contribution in [2.75, 3.05) is 19.6 Å². The maximum atomic E-state index is 11.7. The minimum Gasteiger partial charge on any atom is -0.368 e. The summed E-state index contributed by atoms with van der Waals surface area (Å²) in [6.07, 6.45) is 11.0. The summed E-state index contributed by atoms with van der Waals surface area (Å²) in [6, 6.07) is 0.526. The van der Waals surface area contributed by atoms with Crippen LogP contribution in [0.4, 0.5) is 0 Å². The minimum absolute atomic E-state index is 0.195. The highest BCUT2D eigenvalue weighted by Gasteiger charge is 2.36. The molecule has 2 rings (SSSR count). The van der Waals surface area contributed by atoms with E-state index in [-0.39, 0.29) is 5.91 Å². The Morgan fingerprint density at radius 1 is 1.20 bits per heavy atom. The van der Waals surface area contributed by atoms with E-state index in [1.165, 1.54) is 64.6 Å². The van der Waals surface area contributed by atoms with Crippen LogP contribution < -0.4 is 11.1 Å². The number of nitrogens with zero attached hydrogens (tertiary/aromatic N) is 1. The van der Waals surface area contributed by atoms with Crippen LogP contribution in [-0.2, 0) is 4.79 Å². The van der Waals surface area contributed by atoms with Gasteiger partial charge in [0, 0.05) is 6.04 Å². The van der Waals surface area contributed by atoms with Crippen LogP contribution in [0.3, 0.4) is 0 Å². The second-order valence-corrected chi connectivity index (χ2v) is 6.83. The number of unbranched alkanes of at least 4 members (excludes halogenated alkanes) is 1. The van der Waals surface area contributed by atoms with Gasteiger partial charge in [-0.25, -0.2) is 0 Å². The van der Waals surface area contributed by atoms with Crippen LogP contribution in [0.5, 0.6) is 0 Å². The molecule has 1 aliphatic heterocycles. The van der Waals surface area contributed by atoms with Crippen LogP contribution in [0.1, 0.15) is 64.7 Å². The van der Waals surface area contributed by atoms with Gasteiger partial charge >= 0.3 is 0 Å². The Labute approximate surface area is 123 Å². The number of amides is 1. The molecule has 1 unspecified atom stereocenters. The molecule has 4 heteroatoms. The van der Waals surface area contributed by atoms with E-state index in [0.717, 1.165) is 12.8 Å². The molecule has 1 atom stereocenters. The highest BCUT2D eigenvalue weighted by molar-refractivity contribution is 5.84. The average Bonchev–Trinajstić information content (AvgIpc) is 3.22. The standard InChI is InChI=1S/C16H31N3O/c1-16(15(17)20,18-14-8-9-14)10-4-7-13-19-11-5-2-3-6-12-19/h14,18H,2-13H2,1H3,(H2,17,20). The van der Waals surface area contributed by atoms with E-state index in [4.69, 9.17) is 5.73 Å². The minimum atomic E-state index is -0.500. The lowest BCUT2D eigenvalue weighted by Gasteiger charge is -2.28. The molecule has 2 fully saturated rings. The van der Waals surface area contributed by atoms with E-state index in [9.17, 15) is 4.79 Å². The number of rotatable bonds is 8. The molecule has 0 aromatic heterocycles. The molecule has 1 heterocycles. The van der Waals surface area contributed by atoms with Crippen molar-refractivity contribution in [2.45, 2.75) is 76.3 Å². The maximum absolute atomic E-state index is 11.7. The van der Waals surface area contributed by atoms with E-state index in [1.807, 2.05) is 6.92 Å². The van der Waals surface area contributed by atoms with E-state index in [0.29, 0.717) is 6.04 Å². The van der Waals surface area contributed by atoms with Crippen LogP contribution in [0.15, 0.2) is 0 Å². The highest BCUT2D eigenvalue weighted by atomic mass is 16.1. The van der Waals surface area contributed by atoms with Crippen molar-refractivity contribution < 1.29 is 4.79 Å². The number of nitrogens with two attached hydrogens (primary N) is 1. The smallest absolute Gasteiger partial charge is 0.237 e. The summed E-state index contributed by atoms with van der Waals surface area (Å²) in [6.45, 7) is 5.67. The molecule has 116 valence electrons. The number of nitrogens with one attached hydrogen (secondary N) is 1. The van der Waals surface area contributed by atoms with Crippen LogP contribution in [0.25, 0.3) is 0 Å². The molecular formula is C16H31N3O. The second-order valence-electron chi connectivity index (χ2n) is 6.83. The van der Waals surface area contributed by atoms with Gasteiger partial charge in [0.2, 0.25) is 5.91 Å². The molecule has 1 saturated heterocycles. The topological polar surface area (TPSA) is 58.4 Å². The van der Waals surface area contributed by atoms with Crippen molar-refractivity contribution in [1.29, 1.82) is 0 Å². The van der Waals surface area contributed by atoms with Crippen molar-refractivity contribution in [3.05, 3.63) is 0 Å². The zero-order chi connectivity index (χ0) is 14.4. The zero-order valence-electron chi connectivity index (χ0n) is 13.0. The first kappa shape index (κ1) is 15.8. The van der Waals surface area contributed by atoms with Gasteiger partial charge in [0.15, 0.2) is 0 Å². The number of carbonyl (C=O) groups excluding carboxylic acids is 1. The summed E-state index contributed by atoms with van der Waals surface area (Å²) >= 11 is 0. The molecule has 20 heavy (non-hydrogen) atoms. The fourth-order valence-corrected chi connectivity index (χ4v) is 3.12. The van der Waals surface area contributed by atoms with Gasteiger partial charge in [-0.1, -0.05) is 12.8 Å². The Kier molecular flexibility index (Phi) is 5.85. The SMILES string of the molecule is CC(CCCCN1CCCCCC1)(NC1CC1)C(N)=O. The molecule has 3 N–H and O–H groups in total. The summed E-state index contributed by atoms with van der Waals surface area (Å²) in [4.78, 5) is 14.3. The molecule has 4 nitrogen and oxygen atoms in total. The van der Waals surface area contributed by atoms with Gasteiger partial charge in [-0.05, 0) is 71.5 Å². The van der Waals surface area contributed by atoms with Crippen molar-refractivity contribution >= 4 is 5.91 Å². The van der Waals surface area contributed by atoms with E-state index in [1.54, 1.807) is 0 Å². The van der Waals surface area contributed by atoms with Gasteiger partial charge < -0.3 is 16.0 Å². The molecule has 1 saturated carbocycles. The fourth-order valence-electron chi connectivity index (χ4n) is 3.12. The lowest BCUT2D eigenvalue weighted by molar-refractivity contribution is -0.124. The monoisotopic (exact) mass is 281 g/mol. The Morgan fingerprint density at radius 2 is 1.85 bits per heavy atom. The van der Waals surface area contributed by atoms with Crippen molar-refractivity contribution in [2.24, 2.45) is 5.73 Å². The third-order valence-electron chi connectivity index (χ3n) is 4.74. The average molecular weight is 281 g/mol. The Bertz CT molecular complexity index is 309. The lowest BCUT2D eigenvalue weighted by Crippen LogP contribution is -2.54. The first-order valence-electron chi connectivity index (χ1n) is 8.40. The summed E-state index contributed by atoms with van der Waals surface area (Å²) in [5, 5.41) is 3.43. The number of carbonyl (C=O) groups is 1. The number of likely N-dealkylation sites (tertiary alicyclic amines) is 1. The van der Waals surface area contributed by atoms with E-state index >= 15 is 0 Å². The normalized spacial score (nSPS) is 24.1. The molecular weight excluding hydrogens is 250 g/mol. The third kappa shape index (κ3) is 5.06. The number of hydrogen-bond donors (Lipinski definition) is 2. The molecule has 0 bridgehead atoms. The molecule has 0 aromatic rings. The largest absolute Gasteiger partial charge is 0.368 e. The summed E-state index contributed by atoms with van der Waals surface area (Å²) in [5.74, 6) is -0.195. The first-order valence-corrected chi connectivity index (χ1v) is 8.40. The lowest BCUT2D eigenvalue weighted by atomic mass is 9.93. The van der Waals surface area contributed by atoms with Gasteiger partial charge in [0.1, 0.15) is 0 Å². The van der Waals surface area contributed by atoms with Gasteiger partial charge in [-0.15, -0.1) is 0 Å². The summed E-state index contributed by atoms with van der Waals surface area (Å²) in [7, 11) is 0. The summed E-state index contributed by atoms with van der Waals surface area (Å²) < 4.78 is 0. The quantitative estimate of drug-likeness (QED) is 0.669. The van der Waals surface area contributed by atoms with Crippen molar-refractivity contribution in [3.63, 3.8) is 0 Å². The molecule has 0 aromatic carbocycles. The first-order chi connectivity index (χ1) is 9.60. The van der Waals surface area contributed by atoms with Crippen LogP contribution >= 0.6 is 0 Å². The van der Waals surface area contributed by atoms with Crippen molar-refractivity contribution in [3.8, 4) is 0 Å². The summed E-state index contributed by atoms with van der Waals surface area (Å²) in [5.41, 5.74) is 5.08. The predicted molar refractivity (Wildman–Crippen MR) is 82.5 cm³/mol. The predicted octanol–water partition coefficient (Wildman–Crippen LogP) is 2.03. The molecule has 1 aliphatic carbocycles. The Hall–Kier alpha value is -0.610. The van der Waals surface area contributed by atoms with Gasteiger partial charge in [-0.3, -0.25) is 4.79 Å². The van der Waals surface area contributed by atoms with Gasteiger partial charge in [0.25, 0.3) is 0 Å². The van der Waals surface area contributed by atoms with Crippen molar-refractivity contribution in [1.82, 2.24) is 10.2 Å². The van der Waals surface area contributed by atoms with E-state index < -0.39 is 5.54 Å². The molecule has 0 spiro atoms. The van der Waals surface area contributed by atoms with Gasteiger partial charge in [0.05, 0.1) is 5.54 Å². The second kappa shape index (κ2) is 7.41. The van der Waals surface area contributed by atoms with Crippen LogP contribution in [-0.4, -0.2) is 42.0 Å². The fraction of sp³-hybridized carbons (Fsp3) is 0.938. The van der Waals surface area contributed by atoms with Crippen LogP contribution in [0, 0.1) is 0 Å². The molecule has 1 amide bonds. The van der Waals surface area contributed by atoms with Crippen LogP contribution in [0.2, 0.25) is 0 Å².